The van der Waals surface area contributed by atoms with Crippen molar-refractivity contribution in [2.24, 2.45) is 10.9 Å². The van der Waals surface area contributed by atoms with E-state index in [1.54, 1.807) is 7.41 Å². The van der Waals surface area contributed by atoms with Crippen LogP contribution in [0.3, 0.4) is 0 Å². The highest BCUT2D eigenvalue weighted by molar-refractivity contribution is 6.37. The van der Waals surface area contributed by atoms with Gasteiger partial charge in [0, 0.05) is 0 Å². The van der Waals surface area contributed by atoms with E-state index >= 15 is 0 Å². The maximum atomic E-state index is 6.62. The molecule has 0 heterocycles. The summed E-state index contributed by atoms with van der Waals surface area (Å²) < 4.78 is 0. The molecule has 0 spiro atoms. The van der Waals surface area contributed by atoms with E-state index in [4.69, 9.17) is 5.53 Å². The molecule has 51 valence electrons. The van der Waals surface area contributed by atoms with Gasteiger partial charge in [-0.3, -0.25) is 5.03 Å². The van der Waals surface area contributed by atoms with Crippen molar-refractivity contribution < 1.29 is 0 Å². The van der Waals surface area contributed by atoms with E-state index in [0.29, 0.717) is 5.92 Å². The molecule has 0 aromatic heterocycles. The van der Waals surface area contributed by atoms with E-state index in [1.807, 2.05) is 0 Å². The molecular weight excluding hydrogens is 111 g/mol. The Morgan fingerprint density at radius 2 is 1.89 bits per heavy atom. The Kier molecular flexibility index (Phi) is 2.88. The van der Waals surface area contributed by atoms with Gasteiger partial charge in [0.2, 0.25) is 0 Å². The van der Waals surface area contributed by atoms with Crippen molar-refractivity contribution in [2.45, 2.75) is 33.0 Å². The van der Waals surface area contributed by atoms with Crippen LogP contribution in [-0.2, 0) is 0 Å². The Balaban J connectivity index is 3.84. The van der Waals surface area contributed by atoms with Gasteiger partial charge in [0.1, 0.15) is 0 Å². The van der Waals surface area contributed by atoms with Crippen LogP contribution < -0.4 is 0 Å². The minimum absolute atomic E-state index is 0.0712. The Hall–Kier alpha value is -0.335. The van der Waals surface area contributed by atoms with E-state index < -0.39 is 0 Å². The van der Waals surface area contributed by atoms with Gasteiger partial charge in [0.25, 0.3) is 0 Å². The third kappa shape index (κ3) is 2.63. The molecule has 0 saturated carbocycles. The zero-order chi connectivity index (χ0) is 7.49. The molecule has 3 heteroatoms. The first kappa shape index (κ1) is 8.66. The first-order valence-electron chi connectivity index (χ1n) is 3.21. The molecule has 0 aliphatic carbocycles. The van der Waals surface area contributed by atoms with Crippen LogP contribution in [0.25, 0.3) is 0 Å². The second-order valence-electron chi connectivity index (χ2n) is 3.23. The maximum Gasteiger partial charge on any atom is 0.311 e. The lowest BCUT2D eigenvalue weighted by atomic mass is 9.58. The summed E-state index contributed by atoms with van der Waals surface area (Å²) in [5.41, 5.74) is 6.62. The SMILES string of the molecule is CC(C)C(C)(C)[B]N=N. The van der Waals surface area contributed by atoms with Gasteiger partial charge in [-0.2, -0.15) is 0 Å². The van der Waals surface area contributed by atoms with Gasteiger partial charge in [-0.25, -0.2) is 5.53 Å². The lowest BCUT2D eigenvalue weighted by Gasteiger charge is -2.24. The Bertz CT molecular complexity index is 99.2. The molecule has 0 aliphatic rings. The van der Waals surface area contributed by atoms with Crippen LogP contribution in [0.15, 0.2) is 5.03 Å². The Morgan fingerprint density at radius 1 is 1.44 bits per heavy atom. The monoisotopic (exact) mass is 125 g/mol. The van der Waals surface area contributed by atoms with Gasteiger partial charge >= 0.3 is 7.41 Å². The fraction of sp³-hybridized carbons (Fsp3) is 1.00. The normalized spacial score (nSPS) is 11.7. The molecule has 0 fully saturated rings. The zero-order valence-electron chi connectivity index (χ0n) is 6.60. The molecule has 0 aromatic rings. The van der Waals surface area contributed by atoms with Crippen LogP contribution in [0.4, 0.5) is 0 Å². The van der Waals surface area contributed by atoms with E-state index in [0.717, 1.165) is 0 Å². The van der Waals surface area contributed by atoms with Gasteiger partial charge < -0.3 is 0 Å². The molecular formula is C6H14BN2. The number of rotatable bonds is 3. The molecule has 0 bridgehead atoms. The topological polar surface area (TPSA) is 36.2 Å². The fourth-order valence-corrected chi connectivity index (χ4v) is 0.315. The fourth-order valence-electron chi connectivity index (χ4n) is 0.315. The highest BCUT2D eigenvalue weighted by Crippen LogP contribution is 2.32. The number of nitrogens with one attached hydrogen (secondary N) is 1. The minimum atomic E-state index is 0.0712. The minimum Gasteiger partial charge on any atom is -0.268 e. The van der Waals surface area contributed by atoms with Crippen LogP contribution >= 0.6 is 0 Å². The molecule has 1 N–H and O–H groups in total. The van der Waals surface area contributed by atoms with E-state index in [9.17, 15) is 0 Å². The van der Waals surface area contributed by atoms with Gasteiger partial charge in [0.15, 0.2) is 0 Å². The highest BCUT2D eigenvalue weighted by Gasteiger charge is 2.23. The van der Waals surface area contributed by atoms with Gasteiger partial charge in [-0.05, 0) is 11.2 Å². The first-order valence-corrected chi connectivity index (χ1v) is 3.21. The summed E-state index contributed by atoms with van der Waals surface area (Å²) in [6, 6.07) is 0. The average molecular weight is 125 g/mol. The number of hydrogen-bond donors (Lipinski definition) is 1. The summed E-state index contributed by atoms with van der Waals surface area (Å²) in [6.45, 7) is 8.41. The summed E-state index contributed by atoms with van der Waals surface area (Å²) in [6.07, 6.45) is 0. The quantitative estimate of drug-likeness (QED) is 0.444. The van der Waals surface area contributed by atoms with Crippen LogP contribution in [0, 0.1) is 11.4 Å². The molecule has 0 aromatic carbocycles. The van der Waals surface area contributed by atoms with Crippen molar-refractivity contribution in [1.82, 2.24) is 0 Å². The number of nitrogens with zero attached hydrogens (tertiary/aromatic N) is 1. The highest BCUT2D eigenvalue weighted by atomic mass is 14.9. The number of hydrogen-bond acceptors (Lipinski definition) is 2. The van der Waals surface area contributed by atoms with E-state index in [1.165, 1.54) is 0 Å². The molecule has 0 amide bonds. The lowest BCUT2D eigenvalue weighted by molar-refractivity contribution is 0.472. The molecule has 0 rings (SSSR count). The first-order chi connectivity index (χ1) is 4.00. The summed E-state index contributed by atoms with van der Waals surface area (Å²) in [7, 11) is 1.68. The third-order valence-corrected chi connectivity index (χ3v) is 1.89. The molecule has 0 unspecified atom stereocenters. The van der Waals surface area contributed by atoms with E-state index in [2.05, 4.69) is 32.7 Å². The van der Waals surface area contributed by atoms with E-state index in [-0.39, 0.29) is 5.31 Å². The van der Waals surface area contributed by atoms with Crippen molar-refractivity contribution >= 4 is 7.41 Å². The largest absolute Gasteiger partial charge is 0.311 e. The van der Waals surface area contributed by atoms with Gasteiger partial charge in [-0.1, -0.05) is 27.7 Å². The summed E-state index contributed by atoms with van der Waals surface area (Å²) in [4.78, 5) is 0. The second-order valence-corrected chi connectivity index (χ2v) is 3.23. The summed E-state index contributed by atoms with van der Waals surface area (Å²) >= 11 is 0. The standard InChI is InChI=1S/C6H14BN2/c1-5(2)6(3,4)7-9-8/h5,8H,1-4H3. The smallest absolute Gasteiger partial charge is 0.268 e. The zero-order valence-corrected chi connectivity index (χ0v) is 6.60. The molecule has 9 heavy (non-hydrogen) atoms. The van der Waals surface area contributed by atoms with Crippen molar-refractivity contribution in [2.75, 3.05) is 0 Å². The van der Waals surface area contributed by atoms with Gasteiger partial charge in [0.05, 0.1) is 0 Å². The molecule has 2 nitrogen and oxygen atoms in total. The van der Waals surface area contributed by atoms with Gasteiger partial charge in [-0.15, -0.1) is 0 Å². The maximum absolute atomic E-state index is 6.62. The molecule has 0 saturated heterocycles. The average Bonchev–Trinajstić information content (AvgIpc) is 1.65. The van der Waals surface area contributed by atoms with Crippen molar-refractivity contribution in [1.29, 1.82) is 5.53 Å². The summed E-state index contributed by atoms with van der Waals surface area (Å²) in [5, 5.41) is 3.32. The third-order valence-electron chi connectivity index (χ3n) is 1.89. The Labute approximate surface area is 57.8 Å². The van der Waals surface area contributed by atoms with Crippen LogP contribution in [0.1, 0.15) is 27.7 Å². The van der Waals surface area contributed by atoms with Crippen molar-refractivity contribution in [3.63, 3.8) is 0 Å². The van der Waals surface area contributed by atoms with Crippen LogP contribution in [-0.4, -0.2) is 7.41 Å². The predicted octanol–water partition coefficient (Wildman–Crippen LogP) is 2.49. The van der Waals surface area contributed by atoms with Crippen molar-refractivity contribution in [3.05, 3.63) is 0 Å². The summed E-state index contributed by atoms with van der Waals surface area (Å²) in [5.74, 6) is 0.548. The molecule has 0 aliphatic heterocycles. The molecule has 1 radical (unpaired) electrons. The van der Waals surface area contributed by atoms with Crippen molar-refractivity contribution in [3.8, 4) is 0 Å². The predicted molar refractivity (Wildman–Crippen MR) is 39.8 cm³/mol. The molecule has 0 atom stereocenters. The second kappa shape index (κ2) is 2.99. The van der Waals surface area contributed by atoms with Crippen LogP contribution in [0.2, 0.25) is 5.31 Å². The lowest BCUT2D eigenvalue weighted by Crippen LogP contribution is -2.17. The Morgan fingerprint density at radius 3 is 2.00 bits per heavy atom. The van der Waals surface area contributed by atoms with Crippen LogP contribution in [0.5, 0.6) is 0 Å².